The SMILES string of the molecule is Cc1cc(C)cc(C(=O)N2CCN(c3ncc(C(F)(F)F)cc3Cl)CC2)c1. The Morgan fingerprint density at radius 2 is 1.63 bits per heavy atom. The number of alkyl halides is 3. The molecule has 0 saturated carbocycles. The van der Waals surface area contributed by atoms with E-state index in [0.717, 1.165) is 23.4 Å². The third kappa shape index (κ3) is 4.35. The van der Waals surface area contributed by atoms with Crippen molar-refractivity contribution in [3.05, 3.63) is 57.7 Å². The van der Waals surface area contributed by atoms with Gasteiger partial charge < -0.3 is 9.80 Å². The lowest BCUT2D eigenvalue weighted by atomic mass is 10.1. The van der Waals surface area contributed by atoms with Crippen molar-refractivity contribution >= 4 is 23.3 Å². The summed E-state index contributed by atoms with van der Waals surface area (Å²) in [6.07, 6.45) is -3.69. The molecular weight excluding hydrogens is 379 g/mol. The van der Waals surface area contributed by atoms with E-state index >= 15 is 0 Å². The molecule has 1 aliphatic heterocycles. The van der Waals surface area contributed by atoms with Gasteiger partial charge in [0, 0.05) is 37.9 Å². The maximum atomic E-state index is 12.7. The van der Waals surface area contributed by atoms with E-state index in [9.17, 15) is 18.0 Å². The van der Waals surface area contributed by atoms with Crippen molar-refractivity contribution in [3.8, 4) is 0 Å². The van der Waals surface area contributed by atoms with Crippen molar-refractivity contribution in [3.63, 3.8) is 0 Å². The minimum Gasteiger partial charge on any atom is -0.352 e. The molecule has 144 valence electrons. The van der Waals surface area contributed by atoms with Gasteiger partial charge in [-0.15, -0.1) is 0 Å². The van der Waals surface area contributed by atoms with Crippen LogP contribution in [0.3, 0.4) is 0 Å². The third-order valence-electron chi connectivity index (χ3n) is 4.48. The van der Waals surface area contributed by atoms with Crippen LogP contribution < -0.4 is 4.90 Å². The number of hydrogen-bond acceptors (Lipinski definition) is 3. The van der Waals surface area contributed by atoms with Crippen LogP contribution in [0.15, 0.2) is 30.5 Å². The van der Waals surface area contributed by atoms with E-state index in [-0.39, 0.29) is 10.9 Å². The number of anilines is 1. The van der Waals surface area contributed by atoms with Gasteiger partial charge in [0.05, 0.1) is 10.6 Å². The Morgan fingerprint density at radius 3 is 2.15 bits per heavy atom. The van der Waals surface area contributed by atoms with Crippen LogP contribution in [-0.2, 0) is 6.18 Å². The van der Waals surface area contributed by atoms with Crippen LogP contribution in [0, 0.1) is 13.8 Å². The molecule has 0 bridgehead atoms. The normalized spacial score (nSPS) is 15.2. The number of pyridine rings is 1. The highest BCUT2D eigenvalue weighted by Gasteiger charge is 2.32. The Morgan fingerprint density at radius 1 is 1.04 bits per heavy atom. The molecule has 0 atom stereocenters. The van der Waals surface area contributed by atoms with Crippen molar-refractivity contribution in [1.82, 2.24) is 9.88 Å². The first-order valence-electron chi connectivity index (χ1n) is 8.50. The molecule has 0 unspecified atom stereocenters. The molecular formula is C19H19ClF3N3O. The molecule has 1 fully saturated rings. The number of aromatic nitrogens is 1. The van der Waals surface area contributed by atoms with Crippen LogP contribution >= 0.6 is 11.6 Å². The predicted molar refractivity (Wildman–Crippen MR) is 98.3 cm³/mol. The smallest absolute Gasteiger partial charge is 0.352 e. The summed E-state index contributed by atoms with van der Waals surface area (Å²) in [5, 5.41) is -0.0427. The van der Waals surface area contributed by atoms with Crippen LogP contribution in [0.5, 0.6) is 0 Å². The van der Waals surface area contributed by atoms with Crippen molar-refractivity contribution in [2.45, 2.75) is 20.0 Å². The molecule has 27 heavy (non-hydrogen) atoms. The molecule has 3 rings (SSSR count). The number of piperazine rings is 1. The maximum Gasteiger partial charge on any atom is 0.417 e. The van der Waals surface area contributed by atoms with Gasteiger partial charge in [0.1, 0.15) is 5.82 Å². The number of amides is 1. The molecule has 0 radical (unpaired) electrons. The van der Waals surface area contributed by atoms with E-state index in [1.165, 1.54) is 0 Å². The van der Waals surface area contributed by atoms with Gasteiger partial charge in [0.25, 0.3) is 5.91 Å². The number of carbonyl (C=O) groups is 1. The quantitative estimate of drug-likeness (QED) is 0.756. The van der Waals surface area contributed by atoms with E-state index in [2.05, 4.69) is 4.98 Å². The van der Waals surface area contributed by atoms with Gasteiger partial charge in [0.2, 0.25) is 0 Å². The zero-order chi connectivity index (χ0) is 19.8. The van der Waals surface area contributed by atoms with Crippen molar-refractivity contribution in [2.75, 3.05) is 31.1 Å². The van der Waals surface area contributed by atoms with Gasteiger partial charge in [-0.05, 0) is 32.0 Å². The fraction of sp³-hybridized carbons (Fsp3) is 0.368. The average Bonchev–Trinajstić information content (AvgIpc) is 2.59. The largest absolute Gasteiger partial charge is 0.417 e. The van der Waals surface area contributed by atoms with E-state index in [1.54, 1.807) is 9.80 Å². The summed E-state index contributed by atoms with van der Waals surface area (Å²) < 4.78 is 38.2. The Balaban J connectivity index is 1.69. The average molecular weight is 398 g/mol. The Hall–Kier alpha value is -2.28. The highest BCUT2D eigenvalue weighted by Crippen LogP contribution is 2.33. The van der Waals surface area contributed by atoms with Crippen LogP contribution in [0.1, 0.15) is 27.0 Å². The highest BCUT2D eigenvalue weighted by molar-refractivity contribution is 6.33. The Labute approximate surface area is 160 Å². The summed E-state index contributed by atoms with van der Waals surface area (Å²) in [5.74, 6) is 0.260. The predicted octanol–water partition coefficient (Wildman–Crippen LogP) is 4.33. The molecule has 1 saturated heterocycles. The molecule has 2 heterocycles. The minimum atomic E-state index is -4.48. The molecule has 0 N–H and O–H groups in total. The number of hydrogen-bond donors (Lipinski definition) is 0. The molecule has 8 heteroatoms. The molecule has 1 aromatic carbocycles. The third-order valence-corrected chi connectivity index (χ3v) is 4.76. The molecule has 2 aromatic rings. The highest BCUT2D eigenvalue weighted by atomic mass is 35.5. The first kappa shape index (κ1) is 19.5. The summed E-state index contributed by atoms with van der Waals surface area (Å²) in [5.41, 5.74) is 1.82. The van der Waals surface area contributed by atoms with Gasteiger partial charge in [-0.2, -0.15) is 13.2 Å². The lowest BCUT2D eigenvalue weighted by Crippen LogP contribution is -2.49. The summed E-state index contributed by atoms with van der Waals surface area (Å²) in [4.78, 5) is 20.1. The number of nitrogens with zero attached hydrogens (tertiary/aromatic N) is 3. The molecule has 1 amide bonds. The molecule has 0 spiro atoms. The monoisotopic (exact) mass is 397 g/mol. The molecule has 4 nitrogen and oxygen atoms in total. The molecule has 0 aliphatic carbocycles. The molecule has 1 aromatic heterocycles. The first-order valence-corrected chi connectivity index (χ1v) is 8.88. The maximum absolute atomic E-state index is 12.7. The van der Waals surface area contributed by atoms with Crippen LogP contribution in [0.4, 0.5) is 19.0 Å². The van der Waals surface area contributed by atoms with Crippen molar-refractivity contribution < 1.29 is 18.0 Å². The number of rotatable bonds is 2. The van der Waals surface area contributed by atoms with Gasteiger partial charge >= 0.3 is 6.18 Å². The summed E-state index contributed by atoms with van der Waals surface area (Å²) in [6.45, 7) is 5.69. The van der Waals surface area contributed by atoms with Gasteiger partial charge in [-0.3, -0.25) is 4.79 Å². The van der Waals surface area contributed by atoms with Crippen LogP contribution in [0.2, 0.25) is 5.02 Å². The lowest BCUT2D eigenvalue weighted by molar-refractivity contribution is -0.137. The summed E-state index contributed by atoms with van der Waals surface area (Å²) in [6, 6.07) is 6.61. The van der Waals surface area contributed by atoms with Crippen molar-refractivity contribution in [2.24, 2.45) is 0 Å². The lowest BCUT2D eigenvalue weighted by Gasteiger charge is -2.36. The van der Waals surface area contributed by atoms with Gasteiger partial charge in [-0.1, -0.05) is 28.8 Å². The number of carbonyl (C=O) groups excluding carboxylic acids is 1. The van der Waals surface area contributed by atoms with E-state index < -0.39 is 11.7 Å². The second kappa shape index (κ2) is 7.38. The molecule has 1 aliphatic rings. The number of aryl methyl sites for hydroxylation is 2. The number of benzene rings is 1. The van der Waals surface area contributed by atoms with Crippen LogP contribution in [0.25, 0.3) is 0 Å². The second-order valence-corrected chi connectivity index (χ2v) is 7.09. The first-order chi connectivity index (χ1) is 12.6. The van der Waals surface area contributed by atoms with E-state index in [4.69, 9.17) is 11.6 Å². The fourth-order valence-corrected chi connectivity index (χ4v) is 3.51. The van der Waals surface area contributed by atoms with Gasteiger partial charge in [0.15, 0.2) is 0 Å². The number of halogens is 4. The summed E-state index contributed by atoms with van der Waals surface area (Å²) in [7, 11) is 0. The minimum absolute atomic E-state index is 0.0427. The topological polar surface area (TPSA) is 36.4 Å². The van der Waals surface area contributed by atoms with Gasteiger partial charge in [-0.25, -0.2) is 4.98 Å². The second-order valence-electron chi connectivity index (χ2n) is 6.68. The van der Waals surface area contributed by atoms with E-state index in [1.807, 2.05) is 32.0 Å². The van der Waals surface area contributed by atoms with Crippen molar-refractivity contribution in [1.29, 1.82) is 0 Å². The zero-order valence-electron chi connectivity index (χ0n) is 15.0. The Kier molecular flexibility index (Phi) is 5.33. The van der Waals surface area contributed by atoms with Crippen LogP contribution in [-0.4, -0.2) is 42.0 Å². The Bertz CT molecular complexity index is 842. The summed E-state index contributed by atoms with van der Waals surface area (Å²) >= 11 is 6.01. The van der Waals surface area contributed by atoms with E-state index in [0.29, 0.717) is 37.6 Å². The zero-order valence-corrected chi connectivity index (χ0v) is 15.7. The standard InChI is InChI=1S/C19H19ClF3N3O/c1-12-7-13(2)9-14(8-12)18(27)26-5-3-25(4-6-26)17-16(20)10-15(11-24-17)19(21,22)23/h7-11H,3-6H2,1-2H3. The fourth-order valence-electron chi connectivity index (χ4n) is 3.22.